The lowest BCUT2D eigenvalue weighted by molar-refractivity contribution is -0.117. The molecule has 0 radical (unpaired) electrons. The van der Waals surface area contributed by atoms with Crippen LogP contribution in [0.1, 0.15) is 31.7 Å². The number of hydrogen-bond donors (Lipinski definition) is 0. The van der Waals surface area contributed by atoms with Crippen LogP contribution < -0.4 is 0 Å². The minimum absolute atomic E-state index is 0.280. The van der Waals surface area contributed by atoms with Crippen LogP contribution in [0.2, 0.25) is 32.2 Å². The maximum absolute atomic E-state index is 11.1. The molecule has 5 nitrogen and oxygen atoms in total. The molecule has 0 atom stereocenters. The summed E-state index contributed by atoms with van der Waals surface area (Å²) in [5.41, 5.74) is 9.40. The number of carbonyl (C=O) groups is 1. The van der Waals surface area contributed by atoms with Gasteiger partial charge in [0.2, 0.25) is 0 Å². The van der Waals surface area contributed by atoms with Gasteiger partial charge in [0.25, 0.3) is 0 Å². The number of benzene rings is 1. The average Bonchev–Trinajstić information content (AvgIpc) is 2.55. The summed E-state index contributed by atoms with van der Waals surface area (Å²) >= 11 is 1.84. The normalized spacial score (nSPS) is 11.9. The summed E-state index contributed by atoms with van der Waals surface area (Å²) in [5.74, 6) is 0.280. The molecule has 1 aromatic rings. The number of unbranched alkanes of at least 4 members (excludes halogenated alkanes) is 1. The Morgan fingerprint density at radius 3 is 2.38 bits per heavy atom. The third kappa shape index (κ3) is 10.2. The van der Waals surface area contributed by atoms with E-state index in [9.17, 15) is 4.79 Å². The quantitative estimate of drug-likeness (QED) is 0.101. The Kier molecular flexibility index (Phi) is 9.67. The molecule has 0 aliphatic rings. The zero-order chi connectivity index (χ0) is 19.6. The molecule has 0 bridgehead atoms. The standard InChI is InChI=1S/C18H31N3O2SSi2/c1-16(22)8-6-7-13-25(2,3)23-26(4,5)15-24-18-11-9-17(10-12-18)14-20-21-19/h9-12H,6-8,13-15H2,1-5H3. The van der Waals surface area contributed by atoms with Gasteiger partial charge in [-0.3, -0.25) is 0 Å². The molecular weight excluding hydrogens is 378 g/mol. The third-order valence-electron chi connectivity index (χ3n) is 3.94. The summed E-state index contributed by atoms with van der Waals surface area (Å²) in [6.45, 7) is 11.2. The molecule has 0 aromatic heterocycles. The van der Waals surface area contributed by atoms with Crippen molar-refractivity contribution < 1.29 is 8.91 Å². The minimum Gasteiger partial charge on any atom is -0.455 e. The van der Waals surface area contributed by atoms with Crippen molar-refractivity contribution in [3.63, 3.8) is 0 Å². The largest absolute Gasteiger partial charge is 0.455 e. The van der Waals surface area contributed by atoms with Crippen LogP contribution in [-0.4, -0.2) is 27.8 Å². The zero-order valence-electron chi connectivity index (χ0n) is 16.6. The van der Waals surface area contributed by atoms with Gasteiger partial charge in [0, 0.05) is 21.6 Å². The van der Waals surface area contributed by atoms with Gasteiger partial charge in [-0.2, -0.15) is 0 Å². The first kappa shape index (κ1) is 23.0. The summed E-state index contributed by atoms with van der Waals surface area (Å²) in [4.78, 5) is 15.1. The SMILES string of the molecule is CC(=O)CCCC[Si](C)(C)O[Si](C)(C)CSc1ccc(CN=[N+]=[N-])cc1. The molecule has 8 heteroatoms. The van der Waals surface area contributed by atoms with Crippen molar-refractivity contribution in [2.24, 2.45) is 5.11 Å². The molecule has 1 rings (SSSR count). The molecule has 0 saturated carbocycles. The van der Waals surface area contributed by atoms with Crippen LogP contribution in [-0.2, 0) is 15.5 Å². The molecule has 0 fully saturated rings. The van der Waals surface area contributed by atoms with Gasteiger partial charge in [-0.15, -0.1) is 11.8 Å². The number of carbonyl (C=O) groups excluding carboxylic acids is 1. The molecule has 1 aromatic carbocycles. The van der Waals surface area contributed by atoms with Crippen LogP contribution in [0, 0.1) is 0 Å². The number of rotatable bonds is 12. The van der Waals surface area contributed by atoms with Gasteiger partial charge in [0.1, 0.15) is 5.78 Å². The number of hydrogen-bond acceptors (Lipinski definition) is 4. The van der Waals surface area contributed by atoms with Crippen molar-refractivity contribution in [2.45, 2.75) is 69.9 Å². The lowest BCUT2D eigenvalue weighted by atomic mass is 10.2. The molecular formula is C18H31N3O2SSi2. The highest BCUT2D eigenvalue weighted by Crippen LogP contribution is 2.27. The molecule has 0 aliphatic carbocycles. The molecule has 0 heterocycles. The highest BCUT2D eigenvalue weighted by molar-refractivity contribution is 8.00. The first-order valence-electron chi connectivity index (χ1n) is 9.06. The van der Waals surface area contributed by atoms with Gasteiger partial charge >= 0.3 is 0 Å². The van der Waals surface area contributed by atoms with Crippen LogP contribution in [0.4, 0.5) is 0 Å². The van der Waals surface area contributed by atoms with Gasteiger partial charge in [-0.1, -0.05) is 23.7 Å². The van der Waals surface area contributed by atoms with Crippen molar-refractivity contribution in [1.29, 1.82) is 0 Å². The Balaban J connectivity index is 2.46. The number of thioether (sulfide) groups is 1. The van der Waals surface area contributed by atoms with Crippen LogP contribution >= 0.6 is 11.8 Å². The fourth-order valence-electron chi connectivity index (χ4n) is 2.81. The van der Waals surface area contributed by atoms with Gasteiger partial charge in [-0.25, -0.2) is 0 Å². The van der Waals surface area contributed by atoms with Crippen LogP contribution in [0.15, 0.2) is 34.3 Å². The van der Waals surface area contributed by atoms with Crippen LogP contribution in [0.3, 0.4) is 0 Å². The summed E-state index contributed by atoms with van der Waals surface area (Å²) in [7, 11) is -3.43. The van der Waals surface area contributed by atoms with Crippen molar-refractivity contribution in [3.05, 3.63) is 40.3 Å². The average molecular weight is 410 g/mol. The van der Waals surface area contributed by atoms with E-state index in [1.165, 1.54) is 4.90 Å². The maximum Gasteiger partial charge on any atom is 0.183 e. The van der Waals surface area contributed by atoms with E-state index in [-0.39, 0.29) is 5.78 Å². The first-order chi connectivity index (χ1) is 12.1. The van der Waals surface area contributed by atoms with E-state index in [0.29, 0.717) is 13.0 Å². The predicted octanol–water partition coefficient (Wildman–Crippen LogP) is 6.31. The molecule has 0 unspecified atom stereocenters. The van der Waals surface area contributed by atoms with E-state index >= 15 is 0 Å². The zero-order valence-corrected chi connectivity index (χ0v) is 19.4. The second-order valence-corrected chi connectivity index (χ2v) is 18.1. The molecule has 144 valence electrons. The monoisotopic (exact) mass is 409 g/mol. The van der Waals surface area contributed by atoms with E-state index in [1.54, 1.807) is 6.92 Å². The van der Waals surface area contributed by atoms with Gasteiger partial charge in [0.15, 0.2) is 16.6 Å². The summed E-state index contributed by atoms with van der Waals surface area (Å²) in [6.07, 6.45) is 2.76. The molecule has 0 saturated heterocycles. The van der Waals surface area contributed by atoms with Crippen molar-refractivity contribution >= 4 is 34.2 Å². The second-order valence-electron chi connectivity index (χ2n) is 7.85. The highest BCUT2D eigenvalue weighted by atomic mass is 32.2. The Morgan fingerprint density at radius 1 is 1.15 bits per heavy atom. The van der Waals surface area contributed by atoms with Crippen molar-refractivity contribution in [3.8, 4) is 0 Å². The van der Waals surface area contributed by atoms with E-state index in [0.717, 1.165) is 29.8 Å². The van der Waals surface area contributed by atoms with Crippen molar-refractivity contribution in [1.82, 2.24) is 0 Å². The number of azide groups is 1. The third-order valence-corrected chi connectivity index (χ3v) is 13.9. The van der Waals surface area contributed by atoms with E-state index in [1.807, 2.05) is 23.9 Å². The fourth-order valence-corrected chi connectivity index (χ4v) is 13.5. The molecule has 26 heavy (non-hydrogen) atoms. The number of ketones is 1. The van der Waals surface area contributed by atoms with Crippen molar-refractivity contribution in [2.75, 3.05) is 5.38 Å². The Morgan fingerprint density at radius 2 is 1.81 bits per heavy atom. The molecule has 0 aliphatic heterocycles. The Bertz CT molecular complexity index is 630. The highest BCUT2D eigenvalue weighted by Gasteiger charge is 2.32. The van der Waals surface area contributed by atoms with E-state index in [4.69, 9.17) is 9.65 Å². The van der Waals surface area contributed by atoms with Gasteiger partial charge in [-0.05, 0) is 68.8 Å². The number of Topliss-reactive ketones (excluding diaryl/α,β-unsaturated/α-hetero) is 1. The van der Waals surface area contributed by atoms with Crippen LogP contribution in [0.5, 0.6) is 0 Å². The first-order valence-corrected chi connectivity index (χ1v) is 16.3. The predicted molar refractivity (Wildman–Crippen MR) is 115 cm³/mol. The Hall–Kier alpha value is -1.06. The second kappa shape index (κ2) is 10.9. The smallest absolute Gasteiger partial charge is 0.183 e. The topological polar surface area (TPSA) is 75.1 Å². The maximum atomic E-state index is 11.1. The van der Waals surface area contributed by atoms with E-state index < -0.39 is 16.6 Å². The lowest BCUT2D eigenvalue weighted by Crippen LogP contribution is -2.46. The van der Waals surface area contributed by atoms with Gasteiger partial charge < -0.3 is 8.91 Å². The number of nitrogens with zero attached hydrogens (tertiary/aromatic N) is 3. The fraction of sp³-hybridized carbons (Fsp3) is 0.611. The van der Waals surface area contributed by atoms with E-state index in [2.05, 4.69) is 48.3 Å². The summed E-state index contributed by atoms with van der Waals surface area (Å²) in [5, 5.41) is 4.60. The molecule has 0 N–H and O–H groups in total. The minimum atomic E-state index is -1.75. The molecule has 0 spiro atoms. The molecule has 0 amide bonds. The summed E-state index contributed by atoms with van der Waals surface area (Å²) < 4.78 is 6.65. The Labute approximate surface area is 163 Å². The van der Waals surface area contributed by atoms with Gasteiger partial charge in [0.05, 0.1) is 6.54 Å². The lowest BCUT2D eigenvalue weighted by Gasteiger charge is -2.34. The van der Waals surface area contributed by atoms with Crippen LogP contribution in [0.25, 0.3) is 10.4 Å². The summed E-state index contributed by atoms with van der Waals surface area (Å²) in [6, 6.07) is 9.32.